The summed E-state index contributed by atoms with van der Waals surface area (Å²) in [5.41, 5.74) is 5.10. The molecule has 1 rings (SSSR count). The van der Waals surface area contributed by atoms with Crippen LogP contribution in [-0.2, 0) is 0 Å². The van der Waals surface area contributed by atoms with E-state index >= 15 is 0 Å². The van der Waals surface area contributed by atoms with Gasteiger partial charge in [-0.1, -0.05) is 76.1 Å². The van der Waals surface area contributed by atoms with Gasteiger partial charge < -0.3 is 0 Å². The number of allylic oxidation sites excluding steroid dienone is 8. The fraction of sp³-hybridized carbons (Fsp3) is 0.619. The first-order valence-electron chi connectivity index (χ1n) is 8.42. The third kappa shape index (κ3) is 5.69. The molecule has 0 radical (unpaired) electrons. The minimum Gasteiger partial charge on any atom is -0.0791 e. The Morgan fingerprint density at radius 3 is 2.52 bits per heavy atom. The van der Waals surface area contributed by atoms with Gasteiger partial charge in [-0.25, -0.2) is 0 Å². The zero-order chi connectivity index (χ0) is 16.1. The van der Waals surface area contributed by atoms with Crippen LogP contribution in [0.1, 0.15) is 74.1 Å². The predicted octanol–water partition coefficient (Wildman–Crippen LogP) is 7.01. The van der Waals surface area contributed by atoms with Crippen molar-refractivity contribution in [2.45, 2.75) is 74.1 Å². The van der Waals surface area contributed by atoms with Gasteiger partial charge in [-0.05, 0) is 55.9 Å². The molecule has 1 aliphatic rings. The maximum atomic E-state index is 2.42. The first-order chi connectivity index (χ1) is 9.68. The van der Waals surface area contributed by atoms with Crippen LogP contribution in [0.5, 0.6) is 0 Å². The van der Waals surface area contributed by atoms with Crippen molar-refractivity contribution < 1.29 is 0 Å². The second kappa shape index (κ2) is 7.29. The molecule has 0 N–H and O–H groups in total. The number of hydrogen-bond donors (Lipinski definition) is 0. The van der Waals surface area contributed by atoms with Crippen LogP contribution < -0.4 is 0 Å². The van der Waals surface area contributed by atoms with Crippen molar-refractivity contribution in [3.63, 3.8) is 0 Å². The van der Waals surface area contributed by atoms with E-state index in [4.69, 9.17) is 0 Å². The van der Waals surface area contributed by atoms with Crippen molar-refractivity contribution in [1.29, 1.82) is 0 Å². The lowest BCUT2D eigenvalue weighted by molar-refractivity contribution is 0.327. The average molecular weight is 287 g/mol. The molecule has 0 saturated heterocycles. The summed E-state index contributed by atoms with van der Waals surface area (Å²) in [6, 6.07) is 0. The molecule has 0 saturated carbocycles. The van der Waals surface area contributed by atoms with Crippen molar-refractivity contribution in [3.05, 3.63) is 47.1 Å². The van der Waals surface area contributed by atoms with Gasteiger partial charge in [-0.15, -0.1) is 0 Å². The molecule has 1 atom stereocenters. The lowest BCUT2D eigenvalue weighted by Crippen LogP contribution is -2.22. The Labute approximate surface area is 132 Å². The summed E-state index contributed by atoms with van der Waals surface area (Å²) in [5, 5.41) is 0. The largest absolute Gasteiger partial charge is 0.0791 e. The second-order valence-corrected chi connectivity index (χ2v) is 7.93. The number of rotatable bonds is 4. The Balaban J connectivity index is 2.87. The minimum absolute atomic E-state index is 0.254. The molecule has 0 aromatic carbocycles. The molecule has 1 unspecified atom stereocenters. The topological polar surface area (TPSA) is 0 Å². The molecule has 21 heavy (non-hydrogen) atoms. The zero-order valence-corrected chi connectivity index (χ0v) is 15.2. The molecular weight excluding hydrogens is 252 g/mol. The monoisotopic (exact) mass is 286 g/mol. The Morgan fingerprint density at radius 2 is 1.95 bits per heavy atom. The standard InChI is InChI=1S/C21H34/c1-8-21(7)16-10-12-18(3)19(21)14-13-17(2)11-9-15-20(4,5)6/h9,11,13-15H,8,10,12,16H2,1-7H3/b14-13+,15-9+,17-11+. The summed E-state index contributed by atoms with van der Waals surface area (Å²) in [4.78, 5) is 0. The predicted molar refractivity (Wildman–Crippen MR) is 96.4 cm³/mol. The first kappa shape index (κ1) is 18.0. The van der Waals surface area contributed by atoms with Gasteiger partial charge in [0, 0.05) is 0 Å². The van der Waals surface area contributed by atoms with Crippen LogP contribution >= 0.6 is 0 Å². The number of hydrogen-bond acceptors (Lipinski definition) is 0. The normalized spacial score (nSPS) is 25.4. The molecule has 0 bridgehead atoms. The molecule has 0 heterocycles. The van der Waals surface area contributed by atoms with Gasteiger partial charge in [-0.3, -0.25) is 0 Å². The highest BCUT2D eigenvalue weighted by Gasteiger charge is 2.29. The van der Waals surface area contributed by atoms with Gasteiger partial charge in [0.2, 0.25) is 0 Å². The minimum atomic E-state index is 0.254. The van der Waals surface area contributed by atoms with Gasteiger partial charge in [0.1, 0.15) is 0 Å². The van der Waals surface area contributed by atoms with E-state index in [2.05, 4.69) is 78.8 Å². The fourth-order valence-electron chi connectivity index (χ4n) is 3.00. The third-order valence-corrected chi connectivity index (χ3v) is 4.64. The van der Waals surface area contributed by atoms with Crippen molar-refractivity contribution in [3.8, 4) is 0 Å². The summed E-state index contributed by atoms with van der Waals surface area (Å²) in [6.07, 6.45) is 16.5. The van der Waals surface area contributed by atoms with Gasteiger partial charge in [-0.2, -0.15) is 0 Å². The van der Waals surface area contributed by atoms with Crippen molar-refractivity contribution in [2.24, 2.45) is 10.8 Å². The summed E-state index contributed by atoms with van der Waals surface area (Å²) in [6.45, 7) is 15.9. The molecule has 0 spiro atoms. The quantitative estimate of drug-likeness (QED) is 0.488. The average Bonchev–Trinajstić information content (AvgIpc) is 2.36. The summed E-state index contributed by atoms with van der Waals surface area (Å²) < 4.78 is 0. The van der Waals surface area contributed by atoms with Crippen LogP contribution in [0.3, 0.4) is 0 Å². The highest BCUT2D eigenvalue weighted by Crippen LogP contribution is 2.43. The Bertz CT molecular complexity index is 463. The lowest BCUT2D eigenvalue weighted by Gasteiger charge is -2.35. The molecule has 0 fully saturated rings. The Hall–Kier alpha value is -1.04. The molecule has 0 aromatic rings. The van der Waals surface area contributed by atoms with Crippen LogP contribution in [0.4, 0.5) is 0 Å². The van der Waals surface area contributed by atoms with Crippen LogP contribution in [0, 0.1) is 10.8 Å². The zero-order valence-electron chi connectivity index (χ0n) is 15.2. The highest BCUT2D eigenvalue weighted by molar-refractivity contribution is 5.37. The summed E-state index contributed by atoms with van der Waals surface area (Å²) >= 11 is 0. The molecule has 0 amide bonds. The fourth-order valence-corrected chi connectivity index (χ4v) is 3.00. The molecule has 0 nitrogen and oxygen atoms in total. The van der Waals surface area contributed by atoms with Crippen molar-refractivity contribution >= 4 is 0 Å². The van der Waals surface area contributed by atoms with Gasteiger partial charge in [0.15, 0.2) is 0 Å². The molecule has 0 heteroatoms. The highest BCUT2D eigenvalue weighted by atomic mass is 14.3. The van der Waals surface area contributed by atoms with E-state index in [0.29, 0.717) is 5.41 Å². The maximum absolute atomic E-state index is 2.42. The molecule has 118 valence electrons. The van der Waals surface area contributed by atoms with Gasteiger partial charge in [0.25, 0.3) is 0 Å². The van der Waals surface area contributed by atoms with E-state index in [0.717, 1.165) is 0 Å². The molecule has 0 aromatic heterocycles. The lowest BCUT2D eigenvalue weighted by atomic mass is 9.69. The van der Waals surface area contributed by atoms with Gasteiger partial charge in [0.05, 0.1) is 0 Å². The molecular formula is C21H34. The van der Waals surface area contributed by atoms with Crippen LogP contribution in [0.2, 0.25) is 0 Å². The van der Waals surface area contributed by atoms with E-state index in [9.17, 15) is 0 Å². The smallest absolute Gasteiger partial charge is 0.00783 e. The van der Waals surface area contributed by atoms with Crippen LogP contribution in [0.15, 0.2) is 47.1 Å². The second-order valence-electron chi connectivity index (χ2n) is 7.93. The van der Waals surface area contributed by atoms with Crippen LogP contribution in [0.25, 0.3) is 0 Å². The SMILES string of the molecule is CCC1(C)CCCC(C)=C1/C=C/C(C)=C/C=C/C(C)(C)C. The van der Waals surface area contributed by atoms with E-state index in [1.165, 1.54) is 31.3 Å². The van der Waals surface area contributed by atoms with Crippen molar-refractivity contribution in [1.82, 2.24) is 0 Å². The maximum Gasteiger partial charge on any atom is -0.00783 e. The molecule has 1 aliphatic carbocycles. The van der Waals surface area contributed by atoms with E-state index in [1.54, 1.807) is 11.1 Å². The first-order valence-corrected chi connectivity index (χ1v) is 8.42. The van der Waals surface area contributed by atoms with E-state index < -0.39 is 0 Å². The summed E-state index contributed by atoms with van der Waals surface area (Å²) in [5.74, 6) is 0. The van der Waals surface area contributed by atoms with Crippen molar-refractivity contribution in [2.75, 3.05) is 0 Å². The van der Waals surface area contributed by atoms with Gasteiger partial charge >= 0.3 is 0 Å². The Kier molecular flexibility index (Phi) is 6.25. The third-order valence-electron chi connectivity index (χ3n) is 4.64. The van der Waals surface area contributed by atoms with Crippen LogP contribution in [-0.4, -0.2) is 0 Å². The van der Waals surface area contributed by atoms with E-state index in [-0.39, 0.29) is 5.41 Å². The van der Waals surface area contributed by atoms with E-state index in [1.807, 2.05) is 0 Å². The molecule has 0 aliphatic heterocycles. The summed E-state index contributed by atoms with van der Waals surface area (Å²) in [7, 11) is 0. The Morgan fingerprint density at radius 1 is 1.29 bits per heavy atom.